The molecule has 0 N–H and O–H groups in total. The fourth-order valence-corrected chi connectivity index (χ4v) is 7.71. The Bertz CT molecular complexity index is 650. The van der Waals surface area contributed by atoms with Crippen LogP contribution in [0.1, 0.15) is 79.1 Å². The van der Waals surface area contributed by atoms with Gasteiger partial charge < -0.3 is 4.74 Å². The van der Waals surface area contributed by atoms with Gasteiger partial charge in [-0.3, -0.25) is 9.59 Å². The number of allylic oxidation sites excluding steroid dienone is 1. The molecule has 0 spiro atoms. The Kier molecular flexibility index (Phi) is 4.36. The van der Waals surface area contributed by atoms with Gasteiger partial charge in [-0.25, -0.2) is 0 Å². The zero-order valence-corrected chi connectivity index (χ0v) is 16.8. The summed E-state index contributed by atoms with van der Waals surface area (Å²) in [6.45, 7) is 8.55. The lowest BCUT2D eigenvalue weighted by Gasteiger charge is -2.58. The molecule has 0 unspecified atom stereocenters. The van der Waals surface area contributed by atoms with Crippen LogP contribution in [0.25, 0.3) is 0 Å². The highest BCUT2D eigenvalue weighted by Gasteiger charge is 2.59. The summed E-state index contributed by atoms with van der Waals surface area (Å²) in [5.41, 5.74) is 2.00. The number of esters is 1. The third-order valence-corrected chi connectivity index (χ3v) is 8.95. The van der Waals surface area contributed by atoms with E-state index in [1.54, 1.807) is 0 Å². The molecule has 4 rings (SSSR count). The van der Waals surface area contributed by atoms with Gasteiger partial charge in [-0.1, -0.05) is 19.4 Å². The molecule has 0 saturated heterocycles. The van der Waals surface area contributed by atoms with Crippen LogP contribution in [0, 0.1) is 34.5 Å². The van der Waals surface area contributed by atoms with Crippen molar-refractivity contribution in [3.05, 3.63) is 11.6 Å². The number of ketones is 1. The molecular formula is C23H34O3. The minimum absolute atomic E-state index is 0.0287. The summed E-state index contributed by atoms with van der Waals surface area (Å²) in [7, 11) is 0. The maximum Gasteiger partial charge on any atom is 0.302 e. The summed E-state index contributed by atoms with van der Waals surface area (Å²) < 4.78 is 5.62. The van der Waals surface area contributed by atoms with E-state index < -0.39 is 0 Å². The largest absolute Gasteiger partial charge is 0.463 e. The molecule has 7 atom stereocenters. The summed E-state index contributed by atoms with van der Waals surface area (Å²) in [5, 5.41) is 0. The zero-order valence-electron chi connectivity index (χ0n) is 16.8. The number of rotatable bonds is 2. The zero-order chi connectivity index (χ0) is 18.7. The molecule has 3 saturated carbocycles. The molecule has 0 amide bonds. The van der Waals surface area contributed by atoms with Gasteiger partial charge in [0.15, 0.2) is 5.78 Å². The molecule has 0 aromatic carbocycles. The summed E-state index contributed by atoms with van der Waals surface area (Å²) >= 11 is 0. The lowest BCUT2D eigenvalue weighted by atomic mass is 9.46. The maximum atomic E-state index is 11.9. The van der Waals surface area contributed by atoms with Gasteiger partial charge in [0.05, 0.1) is 0 Å². The van der Waals surface area contributed by atoms with E-state index in [4.69, 9.17) is 4.74 Å². The van der Waals surface area contributed by atoms with E-state index in [2.05, 4.69) is 20.8 Å². The molecule has 3 heteroatoms. The molecule has 0 radical (unpaired) electrons. The maximum absolute atomic E-state index is 11.9. The van der Waals surface area contributed by atoms with E-state index >= 15 is 0 Å². The Hall–Kier alpha value is -1.12. The summed E-state index contributed by atoms with van der Waals surface area (Å²) in [6.07, 6.45) is 11.1. The molecule has 0 heterocycles. The first kappa shape index (κ1) is 18.3. The van der Waals surface area contributed by atoms with Crippen LogP contribution in [-0.2, 0) is 14.3 Å². The highest BCUT2D eigenvalue weighted by atomic mass is 16.5. The smallest absolute Gasteiger partial charge is 0.302 e. The predicted octanol–water partition coefficient (Wildman–Crippen LogP) is 5.09. The Morgan fingerprint density at radius 2 is 1.88 bits per heavy atom. The van der Waals surface area contributed by atoms with Gasteiger partial charge in [0.25, 0.3) is 0 Å². The van der Waals surface area contributed by atoms with Gasteiger partial charge in [-0.05, 0) is 86.5 Å². The van der Waals surface area contributed by atoms with Crippen molar-refractivity contribution in [1.29, 1.82) is 0 Å². The average molecular weight is 359 g/mol. The average Bonchev–Trinajstić information content (AvgIpc) is 2.92. The van der Waals surface area contributed by atoms with Crippen molar-refractivity contribution < 1.29 is 14.3 Å². The molecule has 0 bridgehead atoms. The Labute approximate surface area is 157 Å². The third-order valence-electron chi connectivity index (χ3n) is 8.95. The van der Waals surface area contributed by atoms with E-state index in [9.17, 15) is 9.59 Å². The molecule has 3 fully saturated rings. The summed E-state index contributed by atoms with van der Waals surface area (Å²) in [5.74, 6) is 2.95. The number of fused-ring (bicyclic) bond motifs is 5. The van der Waals surface area contributed by atoms with E-state index in [1.807, 2.05) is 6.08 Å². The predicted molar refractivity (Wildman–Crippen MR) is 101 cm³/mol. The molecule has 0 aliphatic heterocycles. The van der Waals surface area contributed by atoms with Crippen molar-refractivity contribution >= 4 is 11.8 Å². The van der Waals surface area contributed by atoms with E-state index in [-0.39, 0.29) is 17.5 Å². The first-order valence-corrected chi connectivity index (χ1v) is 10.7. The number of carbonyl (C=O) groups excluding carboxylic acids is 2. The first-order chi connectivity index (χ1) is 12.3. The molecule has 3 nitrogen and oxygen atoms in total. The summed E-state index contributed by atoms with van der Waals surface area (Å²) in [4.78, 5) is 23.4. The highest BCUT2D eigenvalue weighted by Crippen LogP contribution is 2.67. The minimum atomic E-state index is -0.148. The molecule has 4 aliphatic rings. The van der Waals surface area contributed by atoms with E-state index in [1.165, 1.54) is 44.6 Å². The van der Waals surface area contributed by atoms with Crippen LogP contribution in [0.5, 0.6) is 0 Å². The van der Waals surface area contributed by atoms with Gasteiger partial charge in [0, 0.05) is 19.3 Å². The quantitative estimate of drug-likeness (QED) is 0.646. The molecule has 0 aromatic heterocycles. The fourth-order valence-electron chi connectivity index (χ4n) is 7.71. The monoisotopic (exact) mass is 358 g/mol. The third kappa shape index (κ3) is 2.60. The first-order valence-electron chi connectivity index (χ1n) is 10.7. The van der Waals surface area contributed by atoms with Crippen LogP contribution in [-0.4, -0.2) is 17.9 Å². The van der Waals surface area contributed by atoms with Gasteiger partial charge in [-0.2, -0.15) is 0 Å². The molecule has 4 aliphatic carbocycles. The lowest BCUT2D eigenvalue weighted by molar-refractivity contribution is -0.152. The van der Waals surface area contributed by atoms with Gasteiger partial charge in [-0.15, -0.1) is 0 Å². The van der Waals surface area contributed by atoms with Crippen LogP contribution < -0.4 is 0 Å². The van der Waals surface area contributed by atoms with Crippen LogP contribution in [0.3, 0.4) is 0 Å². The van der Waals surface area contributed by atoms with Crippen molar-refractivity contribution in [2.24, 2.45) is 34.5 Å². The Balaban J connectivity index is 1.59. The van der Waals surface area contributed by atoms with Crippen LogP contribution in [0.15, 0.2) is 11.6 Å². The number of carbonyl (C=O) groups is 2. The van der Waals surface area contributed by atoms with Crippen molar-refractivity contribution in [3.8, 4) is 0 Å². The van der Waals surface area contributed by atoms with Gasteiger partial charge >= 0.3 is 5.97 Å². The molecule has 144 valence electrons. The lowest BCUT2D eigenvalue weighted by Crippen LogP contribution is -2.51. The molecule has 26 heavy (non-hydrogen) atoms. The van der Waals surface area contributed by atoms with Crippen LogP contribution in [0.4, 0.5) is 0 Å². The number of hydrogen-bond acceptors (Lipinski definition) is 3. The van der Waals surface area contributed by atoms with Crippen molar-refractivity contribution in [3.63, 3.8) is 0 Å². The minimum Gasteiger partial charge on any atom is -0.463 e. The topological polar surface area (TPSA) is 43.4 Å². The van der Waals surface area contributed by atoms with Crippen molar-refractivity contribution in [1.82, 2.24) is 0 Å². The Morgan fingerprint density at radius 3 is 2.62 bits per heavy atom. The Morgan fingerprint density at radius 1 is 1.12 bits per heavy atom. The molecule has 0 aromatic rings. The second kappa shape index (κ2) is 6.21. The number of hydrogen-bond donors (Lipinski definition) is 0. The van der Waals surface area contributed by atoms with Gasteiger partial charge in [0.1, 0.15) is 6.10 Å². The van der Waals surface area contributed by atoms with Crippen LogP contribution in [0.2, 0.25) is 0 Å². The second-order valence-electron chi connectivity index (χ2n) is 10.0. The normalized spacial score (nSPS) is 45.8. The van der Waals surface area contributed by atoms with Crippen LogP contribution >= 0.6 is 0 Å². The fraction of sp³-hybridized carbons (Fsp3) is 0.826. The second-order valence-corrected chi connectivity index (χ2v) is 10.0. The molecular weight excluding hydrogens is 324 g/mol. The van der Waals surface area contributed by atoms with Crippen molar-refractivity contribution in [2.75, 3.05) is 0 Å². The van der Waals surface area contributed by atoms with Crippen molar-refractivity contribution in [2.45, 2.75) is 85.2 Å². The number of ether oxygens (including phenoxy) is 1. The summed E-state index contributed by atoms with van der Waals surface area (Å²) in [6, 6.07) is 0. The standard InChI is InChI=1S/C23H34O3/c1-14(26-15(2)24)19-7-8-20-18-6-5-16-13-17(25)9-11-22(16,3)21(18)10-12-23(19,20)4/h13-14,18-21H,5-12H2,1-4H3/t14-,18+,19-,20+,21+,22-,23+/m0/s1. The van der Waals surface area contributed by atoms with E-state index in [0.29, 0.717) is 17.1 Å². The van der Waals surface area contributed by atoms with E-state index in [0.717, 1.165) is 37.0 Å². The SMILES string of the molecule is CC(=O)O[C@@H](C)[C@@H]1CC[C@@H]2[C@H]3CCC4=CC(=O)CC[C@]4(C)[C@@H]3CC[C@@]21C. The highest BCUT2D eigenvalue weighted by molar-refractivity contribution is 5.91. The van der Waals surface area contributed by atoms with Gasteiger partial charge in [0.2, 0.25) is 0 Å².